The van der Waals surface area contributed by atoms with E-state index in [4.69, 9.17) is 9.47 Å². The van der Waals surface area contributed by atoms with Gasteiger partial charge in [-0.2, -0.15) is 0 Å². The molecule has 0 fully saturated rings. The molecule has 0 aliphatic heterocycles. The number of aryl methyl sites for hydroxylation is 1. The summed E-state index contributed by atoms with van der Waals surface area (Å²) in [7, 11) is 0. The molecule has 0 unspecified atom stereocenters. The van der Waals surface area contributed by atoms with E-state index in [1.54, 1.807) is 0 Å². The third kappa shape index (κ3) is 4.74. The molecule has 0 bridgehead atoms. The number of amides is 1. The van der Waals surface area contributed by atoms with E-state index < -0.39 is 0 Å². The monoisotopic (exact) mass is 313 g/mol. The van der Waals surface area contributed by atoms with Gasteiger partial charge in [-0.1, -0.05) is 31.2 Å². The van der Waals surface area contributed by atoms with Crippen molar-refractivity contribution in [1.82, 2.24) is 0 Å². The Kier molecular flexibility index (Phi) is 6.03. The van der Waals surface area contributed by atoms with E-state index in [1.165, 1.54) is 0 Å². The first-order valence-corrected chi connectivity index (χ1v) is 7.82. The van der Waals surface area contributed by atoms with Crippen molar-refractivity contribution in [3.05, 3.63) is 53.6 Å². The zero-order valence-corrected chi connectivity index (χ0v) is 13.9. The van der Waals surface area contributed by atoms with Crippen LogP contribution in [0.2, 0.25) is 0 Å². The summed E-state index contributed by atoms with van der Waals surface area (Å²) in [4.78, 5) is 12.1. The second-order valence-electron chi connectivity index (χ2n) is 5.38. The van der Waals surface area contributed by atoms with Crippen molar-refractivity contribution < 1.29 is 14.3 Å². The summed E-state index contributed by atoms with van der Waals surface area (Å²) in [5, 5.41) is 2.83. The fourth-order valence-electron chi connectivity index (χ4n) is 2.12. The molecule has 0 heterocycles. The summed E-state index contributed by atoms with van der Waals surface area (Å²) in [5.41, 5.74) is 2.85. The van der Waals surface area contributed by atoms with Crippen molar-refractivity contribution in [2.45, 2.75) is 27.2 Å². The first-order valence-electron chi connectivity index (χ1n) is 7.82. The number of hydrogen-bond donors (Lipinski definition) is 1. The van der Waals surface area contributed by atoms with Gasteiger partial charge < -0.3 is 14.8 Å². The van der Waals surface area contributed by atoms with E-state index in [0.29, 0.717) is 18.0 Å². The fraction of sp³-hybridized carbons (Fsp3) is 0.316. The summed E-state index contributed by atoms with van der Waals surface area (Å²) in [6.07, 6.45) is 0.915. The minimum absolute atomic E-state index is 0.0353. The lowest BCUT2D eigenvalue weighted by molar-refractivity contribution is -0.118. The Bertz CT molecular complexity index is 667. The van der Waals surface area contributed by atoms with E-state index in [1.807, 2.05) is 63.2 Å². The second kappa shape index (κ2) is 8.22. The lowest BCUT2D eigenvalue weighted by Crippen LogP contribution is -2.21. The van der Waals surface area contributed by atoms with Gasteiger partial charge in [0.15, 0.2) is 6.61 Å². The van der Waals surface area contributed by atoms with Crippen molar-refractivity contribution in [1.29, 1.82) is 0 Å². The van der Waals surface area contributed by atoms with E-state index >= 15 is 0 Å². The maximum atomic E-state index is 12.1. The minimum Gasteiger partial charge on any atom is -0.491 e. The Hall–Kier alpha value is -2.49. The number of carbonyl (C=O) groups excluding carboxylic acids is 1. The highest BCUT2D eigenvalue weighted by Crippen LogP contribution is 2.24. The van der Waals surface area contributed by atoms with Gasteiger partial charge in [0.1, 0.15) is 11.5 Å². The van der Waals surface area contributed by atoms with Crippen molar-refractivity contribution in [2.75, 3.05) is 18.5 Å². The van der Waals surface area contributed by atoms with Crippen LogP contribution in [0.5, 0.6) is 11.5 Å². The molecule has 4 nitrogen and oxygen atoms in total. The van der Waals surface area contributed by atoms with E-state index in [-0.39, 0.29) is 12.5 Å². The predicted octanol–water partition coefficient (Wildman–Crippen LogP) is 4.11. The Balaban J connectivity index is 1.96. The predicted molar refractivity (Wildman–Crippen MR) is 92.3 cm³/mol. The van der Waals surface area contributed by atoms with Crippen LogP contribution in [0.1, 0.15) is 24.5 Å². The highest BCUT2D eigenvalue weighted by Gasteiger charge is 2.09. The SMILES string of the molecule is CCCOc1ccccc1NC(=O)COc1cccc(C)c1C. The van der Waals surface area contributed by atoms with Crippen molar-refractivity contribution in [2.24, 2.45) is 0 Å². The molecule has 122 valence electrons. The summed E-state index contributed by atoms with van der Waals surface area (Å²) in [6.45, 7) is 6.62. The Morgan fingerprint density at radius 1 is 1.00 bits per heavy atom. The molecule has 0 spiro atoms. The molecule has 2 rings (SSSR count). The number of carbonyl (C=O) groups is 1. The smallest absolute Gasteiger partial charge is 0.262 e. The van der Waals surface area contributed by atoms with Gasteiger partial charge in [0, 0.05) is 0 Å². The highest BCUT2D eigenvalue weighted by atomic mass is 16.5. The van der Waals surface area contributed by atoms with Gasteiger partial charge in [-0.3, -0.25) is 4.79 Å². The average Bonchev–Trinajstić information content (AvgIpc) is 2.55. The minimum atomic E-state index is -0.210. The van der Waals surface area contributed by atoms with Crippen LogP contribution in [0, 0.1) is 13.8 Å². The number of ether oxygens (including phenoxy) is 2. The van der Waals surface area contributed by atoms with Crippen LogP contribution < -0.4 is 14.8 Å². The van der Waals surface area contributed by atoms with E-state index in [0.717, 1.165) is 23.3 Å². The van der Waals surface area contributed by atoms with E-state index in [2.05, 4.69) is 5.32 Å². The maximum absolute atomic E-state index is 12.1. The number of benzene rings is 2. The zero-order valence-electron chi connectivity index (χ0n) is 13.9. The Morgan fingerprint density at radius 3 is 2.52 bits per heavy atom. The summed E-state index contributed by atoms with van der Waals surface area (Å²) in [5.74, 6) is 1.20. The van der Waals surface area contributed by atoms with Crippen LogP contribution in [0.15, 0.2) is 42.5 Å². The molecule has 0 aliphatic carbocycles. The number of para-hydroxylation sites is 2. The molecule has 2 aromatic rings. The maximum Gasteiger partial charge on any atom is 0.262 e. The number of rotatable bonds is 7. The molecule has 0 saturated carbocycles. The molecule has 23 heavy (non-hydrogen) atoms. The lowest BCUT2D eigenvalue weighted by Gasteiger charge is -2.13. The van der Waals surface area contributed by atoms with Crippen molar-refractivity contribution in [3.63, 3.8) is 0 Å². The molecule has 0 aliphatic rings. The number of hydrogen-bond acceptors (Lipinski definition) is 3. The topological polar surface area (TPSA) is 47.6 Å². The normalized spacial score (nSPS) is 10.2. The molecule has 1 amide bonds. The van der Waals surface area contributed by atoms with Crippen molar-refractivity contribution in [3.8, 4) is 11.5 Å². The summed E-state index contributed by atoms with van der Waals surface area (Å²) >= 11 is 0. The van der Waals surface area contributed by atoms with Gasteiger partial charge in [-0.15, -0.1) is 0 Å². The molecule has 1 N–H and O–H groups in total. The van der Waals surface area contributed by atoms with E-state index in [9.17, 15) is 4.79 Å². The third-order valence-corrected chi connectivity index (χ3v) is 3.54. The molecule has 0 radical (unpaired) electrons. The van der Waals surface area contributed by atoms with Gasteiger partial charge in [0.25, 0.3) is 5.91 Å². The highest BCUT2D eigenvalue weighted by molar-refractivity contribution is 5.93. The van der Waals surface area contributed by atoms with Crippen molar-refractivity contribution >= 4 is 11.6 Å². The molecule has 2 aromatic carbocycles. The molecular weight excluding hydrogens is 290 g/mol. The first-order chi connectivity index (χ1) is 11.1. The molecule has 0 saturated heterocycles. The third-order valence-electron chi connectivity index (χ3n) is 3.54. The number of nitrogens with one attached hydrogen (secondary N) is 1. The Morgan fingerprint density at radius 2 is 1.74 bits per heavy atom. The van der Waals surface area contributed by atoms with Gasteiger partial charge in [-0.05, 0) is 49.6 Å². The Labute approximate surface area is 137 Å². The van der Waals surface area contributed by atoms with Gasteiger partial charge in [0.05, 0.1) is 12.3 Å². The number of anilines is 1. The van der Waals surface area contributed by atoms with Crippen LogP contribution in [-0.4, -0.2) is 19.1 Å². The summed E-state index contributed by atoms with van der Waals surface area (Å²) in [6, 6.07) is 13.2. The van der Waals surface area contributed by atoms with Crippen LogP contribution in [0.3, 0.4) is 0 Å². The molecule has 0 atom stereocenters. The van der Waals surface area contributed by atoms with Crippen LogP contribution in [0.4, 0.5) is 5.69 Å². The largest absolute Gasteiger partial charge is 0.491 e. The molecule has 0 aromatic heterocycles. The van der Waals surface area contributed by atoms with Crippen LogP contribution in [-0.2, 0) is 4.79 Å². The second-order valence-corrected chi connectivity index (χ2v) is 5.38. The summed E-state index contributed by atoms with van der Waals surface area (Å²) < 4.78 is 11.2. The standard InChI is InChI=1S/C19H23NO3/c1-4-12-22-18-10-6-5-9-16(18)20-19(21)13-23-17-11-7-8-14(2)15(17)3/h5-11H,4,12-13H2,1-3H3,(H,20,21). The lowest BCUT2D eigenvalue weighted by atomic mass is 10.1. The van der Waals surface area contributed by atoms with Crippen LogP contribution in [0.25, 0.3) is 0 Å². The van der Waals surface area contributed by atoms with Gasteiger partial charge in [-0.25, -0.2) is 0 Å². The van der Waals surface area contributed by atoms with Gasteiger partial charge in [0.2, 0.25) is 0 Å². The molecule has 4 heteroatoms. The molecular formula is C19H23NO3. The zero-order chi connectivity index (χ0) is 16.7. The average molecular weight is 313 g/mol. The first kappa shape index (κ1) is 16.9. The van der Waals surface area contributed by atoms with Gasteiger partial charge >= 0.3 is 0 Å². The fourth-order valence-corrected chi connectivity index (χ4v) is 2.12. The quantitative estimate of drug-likeness (QED) is 0.837. The van der Waals surface area contributed by atoms with Crippen LogP contribution >= 0.6 is 0 Å².